The molecule has 0 saturated heterocycles. The van der Waals surface area contributed by atoms with Gasteiger partial charge in [-0.05, 0) is 36.0 Å². The van der Waals surface area contributed by atoms with Crippen LogP contribution in [0.15, 0.2) is 0 Å². The third-order valence-corrected chi connectivity index (χ3v) is 3.87. The van der Waals surface area contributed by atoms with Gasteiger partial charge in [-0.2, -0.15) is 0 Å². The van der Waals surface area contributed by atoms with Crippen molar-refractivity contribution in [3.05, 3.63) is 0 Å². The van der Waals surface area contributed by atoms with Crippen molar-refractivity contribution < 1.29 is 0 Å². The molecule has 1 aliphatic rings. The van der Waals surface area contributed by atoms with Crippen LogP contribution in [0.4, 0.5) is 0 Å². The Kier molecular flexibility index (Phi) is 2.56. The van der Waals surface area contributed by atoms with E-state index in [4.69, 9.17) is 0 Å². The summed E-state index contributed by atoms with van der Waals surface area (Å²) in [6.07, 6.45) is 5.63. The van der Waals surface area contributed by atoms with Crippen LogP contribution in [0.3, 0.4) is 0 Å². The van der Waals surface area contributed by atoms with Crippen LogP contribution in [0.1, 0.15) is 60.3 Å². The fraction of sp³-hybridized carbons (Fsp3) is 1.00. The van der Waals surface area contributed by atoms with E-state index in [1.807, 2.05) is 0 Å². The molecule has 2 unspecified atom stereocenters. The van der Waals surface area contributed by atoms with E-state index < -0.39 is 0 Å². The highest BCUT2D eigenvalue weighted by molar-refractivity contribution is 4.94. The molecule has 0 amide bonds. The molecule has 2 atom stereocenters. The van der Waals surface area contributed by atoms with Crippen molar-refractivity contribution in [1.29, 1.82) is 0 Å². The molecule has 0 spiro atoms. The van der Waals surface area contributed by atoms with E-state index in [0.29, 0.717) is 10.8 Å². The highest BCUT2D eigenvalue weighted by Crippen LogP contribution is 2.54. The lowest BCUT2D eigenvalue weighted by molar-refractivity contribution is 0.248. The molecule has 0 aromatic heterocycles. The molecule has 0 N–H and O–H groups in total. The third kappa shape index (κ3) is 1.84. The van der Waals surface area contributed by atoms with Gasteiger partial charge in [0.1, 0.15) is 0 Å². The Bertz CT molecular complexity index is 157. The van der Waals surface area contributed by atoms with Crippen molar-refractivity contribution in [2.24, 2.45) is 16.7 Å². The molecule has 0 aliphatic heterocycles. The van der Waals surface area contributed by atoms with Gasteiger partial charge in [0.25, 0.3) is 0 Å². The first-order valence-electron chi connectivity index (χ1n) is 5.40. The minimum atomic E-state index is 0.587. The molecule has 1 rings (SSSR count). The molecule has 1 aliphatic carbocycles. The summed E-state index contributed by atoms with van der Waals surface area (Å²) in [7, 11) is 0. The highest BCUT2D eigenvalue weighted by Gasteiger charge is 2.43. The zero-order valence-electron chi connectivity index (χ0n) is 9.41. The average molecular weight is 168 g/mol. The van der Waals surface area contributed by atoms with Gasteiger partial charge in [-0.3, -0.25) is 0 Å². The molecule has 1 saturated carbocycles. The Morgan fingerprint density at radius 1 is 1.25 bits per heavy atom. The fourth-order valence-corrected chi connectivity index (χ4v) is 3.16. The Balaban J connectivity index is 2.64. The van der Waals surface area contributed by atoms with Crippen molar-refractivity contribution in [3.63, 3.8) is 0 Å². The smallest absolute Gasteiger partial charge is 0.0318 e. The van der Waals surface area contributed by atoms with Gasteiger partial charge in [-0.1, -0.05) is 41.0 Å². The minimum Gasteiger partial charge on any atom is -0.0654 e. The molecule has 0 heterocycles. The molecule has 12 heavy (non-hydrogen) atoms. The van der Waals surface area contributed by atoms with Gasteiger partial charge in [0.2, 0.25) is 0 Å². The normalized spacial score (nSPS) is 40.2. The first-order valence-corrected chi connectivity index (χ1v) is 5.40. The summed E-state index contributed by atoms with van der Waals surface area (Å²) in [6.45, 7) is 12.1. The summed E-state index contributed by atoms with van der Waals surface area (Å²) in [5.41, 5.74) is 1.24. The maximum absolute atomic E-state index is 2.47. The molecule has 0 aromatic carbocycles. The molecule has 0 aromatic rings. The lowest BCUT2D eigenvalue weighted by Gasteiger charge is -2.26. The molecular formula is C12H24. The van der Waals surface area contributed by atoms with Crippen LogP contribution in [0.2, 0.25) is 0 Å². The minimum absolute atomic E-state index is 0.587. The van der Waals surface area contributed by atoms with E-state index in [0.717, 1.165) is 5.92 Å². The lowest BCUT2D eigenvalue weighted by Crippen LogP contribution is -2.15. The molecule has 0 radical (unpaired) electrons. The molecule has 0 heteroatoms. The van der Waals surface area contributed by atoms with Gasteiger partial charge >= 0.3 is 0 Å². The summed E-state index contributed by atoms with van der Waals surface area (Å²) in [6, 6.07) is 0. The predicted molar refractivity (Wildman–Crippen MR) is 55.2 cm³/mol. The van der Waals surface area contributed by atoms with Gasteiger partial charge < -0.3 is 0 Å². The maximum Gasteiger partial charge on any atom is -0.0318 e. The Morgan fingerprint density at radius 3 is 2.17 bits per heavy atom. The summed E-state index contributed by atoms with van der Waals surface area (Å²) >= 11 is 0. The second-order valence-electron chi connectivity index (χ2n) is 5.83. The van der Waals surface area contributed by atoms with Gasteiger partial charge in [0.15, 0.2) is 0 Å². The fourth-order valence-electron chi connectivity index (χ4n) is 3.16. The Morgan fingerprint density at radius 2 is 1.83 bits per heavy atom. The van der Waals surface area contributed by atoms with Crippen LogP contribution in [0.25, 0.3) is 0 Å². The van der Waals surface area contributed by atoms with Gasteiger partial charge in [0, 0.05) is 0 Å². The zero-order chi connectivity index (χ0) is 9.41. The van der Waals surface area contributed by atoms with E-state index in [-0.39, 0.29) is 0 Å². The van der Waals surface area contributed by atoms with Crippen molar-refractivity contribution in [3.8, 4) is 0 Å². The van der Waals surface area contributed by atoms with Crippen molar-refractivity contribution in [2.75, 3.05) is 0 Å². The van der Waals surface area contributed by atoms with Crippen LogP contribution < -0.4 is 0 Å². The topological polar surface area (TPSA) is 0 Å². The van der Waals surface area contributed by atoms with Crippen molar-refractivity contribution in [2.45, 2.75) is 60.3 Å². The quantitative estimate of drug-likeness (QED) is 0.578. The molecule has 0 nitrogen and oxygen atoms in total. The van der Waals surface area contributed by atoms with Crippen LogP contribution in [-0.4, -0.2) is 0 Å². The molecule has 72 valence electrons. The van der Waals surface area contributed by atoms with Gasteiger partial charge in [-0.25, -0.2) is 0 Å². The van der Waals surface area contributed by atoms with Gasteiger partial charge in [0.05, 0.1) is 0 Å². The molecular weight excluding hydrogens is 144 g/mol. The second-order valence-corrected chi connectivity index (χ2v) is 5.83. The van der Waals surface area contributed by atoms with Gasteiger partial charge in [-0.15, -0.1) is 0 Å². The number of hydrogen-bond donors (Lipinski definition) is 0. The molecule has 0 bridgehead atoms. The van der Waals surface area contributed by atoms with Crippen LogP contribution >= 0.6 is 0 Å². The van der Waals surface area contributed by atoms with Crippen molar-refractivity contribution in [1.82, 2.24) is 0 Å². The Hall–Kier alpha value is 0. The SMILES string of the molecule is CCCC1(C)CC(C)C(C)(C)C1. The van der Waals surface area contributed by atoms with Crippen LogP contribution in [-0.2, 0) is 0 Å². The number of hydrogen-bond acceptors (Lipinski definition) is 0. The van der Waals surface area contributed by atoms with Crippen LogP contribution in [0, 0.1) is 16.7 Å². The lowest BCUT2D eigenvalue weighted by atomic mass is 9.79. The summed E-state index contributed by atoms with van der Waals surface area (Å²) < 4.78 is 0. The standard InChI is InChI=1S/C12H24/c1-6-7-12(5)8-10(2)11(3,4)9-12/h10H,6-9H2,1-5H3. The second kappa shape index (κ2) is 3.05. The predicted octanol–water partition coefficient (Wildman–Crippen LogP) is 4.25. The first-order chi connectivity index (χ1) is 5.40. The largest absolute Gasteiger partial charge is 0.0654 e. The Labute approximate surface area is 77.7 Å². The van der Waals surface area contributed by atoms with Crippen LogP contribution in [0.5, 0.6) is 0 Å². The summed E-state index contributed by atoms with van der Waals surface area (Å²) in [4.78, 5) is 0. The van der Waals surface area contributed by atoms with E-state index in [1.54, 1.807) is 0 Å². The summed E-state index contributed by atoms with van der Waals surface area (Å²) in [5, 5.41) is 0. The van der Waals surface area contributed by atoms with E-state index >= 15 is 0 Å². The monoisotopic (exact) mass is 168 g/mol. The highest BCUT2D eigenvalue weighted by atomic mass is 14.5. The third-order valence-electron chi connectivity index (χ3n) is 3.87. The zero-order valence-corrected chi connectivity index (χ0v) is 9.41. The van der Waals surface area contributed by atoms with E-state index in [1.165, 1.54) is 25.7 Å². The van der Waals surface area contributed by atoms with E-state index in [9.17, 15) is 0 Å². The maximum atomic E-state index is 2.47. The summed E-state index contributed by atoms with van der Waals surface area (Å²) in [5.74, 6) is 0.911. The average Bonchev–Trinajstić information content (AvgIpc) is 2.02. The van der Waals surface area contributed by atoms with E-state index in [2.05, 4.69) is 34.6 Å². The number of rotatable bonds is 2. The first kappa shape index (κ1) is 10.1. The van der Waals surface area contributed by atoms with Crippen molar-refractivity contribution >= 4 is 0 Å². The molecule has 1 fully saturated rings.